The van der Waals surface area contributed by atoms with Crippen LogP contribution >= 0.6 is 11.8 Å². The third-order valence-corrected chi connectivity index (χ3v) is 7.31. The molecule has 0 saturated heterocycles. The molecule has 0 spiro atoms. The lowest BCUT2D eigenvalue weighted by atomic mass is 10.0. The van der Waals surface area contributed by atoms with Crippen LogP contribution in [-0.4, -0.2) is 31.8 Å². The van der Waals surface area contributed by atoms with E-state index in [1.165, 1.54) is 46.9 Å². The molecule has 0 radical (unpaired) electrons. The van der Waals surface area contributed by atoms with E-state index in [-0.39, 0.29) is 11.3 Å². The first-order valence-electron chi connectivity index (χ1n) is 12.9. The van der Waals surface area contributed by atoms with Crippen molar-refractivity contribution >= 4 is 40.3 Å². The molecule has 0 saturated carbocycles. The van der Waals surface area contributed by atoms with E-state index in [1.807, 2.05) is 53.1 Å². The molecule has 6 aromatic rings. The van der Waals surface area contributed by atoms with Crippen LogP contribution in [0.1, 0.15) is 27.5 Å². The molecule has 0 fully saturated rings. The van der Waals surface area contributed by atoms with Crippen LogP contribution in [0.2, 0.25) is 0 Å². The van der Waals surface area contributed by atoms with Crippen LogP contribution in [0, 0.1) is 10.1 Å². The molecule has 0 aliphatic rings. The molecule has 0 aliphatic carbocycles. The number of carbonyl (C=O) groups is 1. The Balaban J connectivity index is 1.22. The van der Waals surface area contributed by atoms with Crippen LogP contribution in [0.3, 0.4) is 0 Å². The summed E-state index contributed by atoms with van der Waals surface area (Å²) in [6.07, 6.45) is 1.91. The number of fused-ring (bicyclic) bond motifs is 1. The lowest BCUT2D eigenvalue weighted by molar-refractivity contribution is -0.385. The third kappa shape index (κ3) is 5.67. The maximum Gasteiger partial charge on any atom is 0.282 e. The van der Waals surface area contributed by atoms with E-state index in [4.69, 9.17) is 4.42 Å². The molecule has 11 heteroatoms. The smallest absolute Gasteiger partial charge is 0.282 e. The molecular formula is C31H22N6O4S. The molecular weight excluding hydrogens is 552 g/mol. The average Bonchev–Trinajstić information content (AvgIpc) is 3.64. The van der Waals surface area contributed by atoms with Crippen molar-refractivity contribution in [2.24, 2.45) is 5.10 Å². The highest BCUT2D eigenvalue weighted by Crippen LogP contribution is 2.31. The third-order valence-electron chi connectivity index (χ3n) is 6.44. The van der Waals surface area contributed by atoms with E-state index in [0.717, 1.165) is 17.1 Å². The number of para-hydroxylation sites is 2. The molecule has 206 valence electrons. The Kier molecular flexibility index (Phi) is 7.56. The second-order valence-corrected chi connectivity index (χ2v) is 10.1. The van der Waals surface area contributed by atoms with E-state index in [9.17, 15) is 14.9 Å². The number of hydrogen-bond acceptors (Lipinski definition) is 8. The number of aromatic nitrogens is 3. The van der Waals surface area contributed by atoms with E-state index >= 15 is 0 Å². The maximum atomic E-state index is 12.4. The van der Waals surface area contributed by atoms with E-state index in [1.54, 1.807) is 18.2 Å². The van der Waals surface area contributed by atoms with Crippen molar-refractivity contribution in [1.29, 1.82) is 0 Å². The Morgan fingerprint density at radius 2 is 1.69 bits per heavy atom. The van der Waals surface area contributed by atoms with Crippen LogP contribution in [0.5, 0.6) is 0 Å². The normalized spacial score (nSPS) is 11.2. The van der Waals surface area contributed by atoms with Gasteiger partial charge in [0.15, 0.2) is 5.09 Å². The first kappa shape index (κ1) is 26.7. The Bertz CT molecular complexity index is 1930. The summed E-state index contributed by atoms with van der Waals surface area (Å²) in [6.45, 7) is 0. The van der Waals surface area contributed by atoms with Crippen molar-refractivity contribution in [3.05, 3.63) is 142 Å². The quantitative estimate of drug-likeness (QED) is 0.120. The maximum absolute atomic E-state index is 12.4. The number of benzene rings is 4. The second kappa shape index (κ2) is 11.9. The molecule has 0 atom stereocenters. The van der Waals surface area contributed by atoms with Gasteiger partial charge in [0.1, 0.15) is 17.1 Å². The highest BCUT2D eigenvalue weighted by molar-refractivity contribution is 7.99. The average molecular weight is 575 g/mol. The topological polar surface area (TPSA) is 128 Å². The number of carbonyl (C=O) groups excluding carboxylic acids is 1. The van der Waals surface area contributed by atoms with Gasteiger partial charge in [-0.05, 0) is 58.4 Å². The number of nitro benzene ring substituents is 1. The zero-order chi connectivity index (χ0) is 28.9. The minimum absolute atomic E-state index is 0.0881. The molecule has 0 unspecified atom stereocenters. The Morgan fingerprint density at radius 3 is 2.55 bits per heavy atom. The van der Waals surface area contributed by atoms with Gasteiger partial charge in [-0.25, -0.2) is 5.43 Å². The van der Waals surface area contributed by atoms with E-state index < -0.39 is 10.8 Å². The van der Waals surface area contributed by atoms with Gasteiger partial charge in [0.05, 0.1) is 11.1 Å². The molecule has 0 bridgehead atoms. The highest BCUT2D eigenvalue weighted by atomic mass is 32.2. The molecule has 1 N–H and O–H groups in total. The number of rotatable bonds is 9. The fraction of sp³-hybridized carbons (Fsp3) is 0.0323. The summed E-state index contributed by atoms with van der Waals surface area (Å²) < 4.78 is 7.90. The van der Waals surface area contributed by atoms with Crippen molar-refractivity contribution < 1.29 is 14.1 Å². The van der Waals surface area contributed by atoms with Gasteiger partial charge in [-0.3, -0.25) is 19.5 Å². The van der Waals surface area contributed by atoms with Gasteiger partial charge in [0, 0.05) is 18.2 Å². The van der Waals surface area contributed by atoms with Crippen molar-refractivity contribution in [3.63, 3.8) is 0 Å². The van der Waals surface area contributed by atoms with Crippen LogP contribution in [-0.2, 0) is 6.42 Å². The molecule has 4 aromatic carbocycles. The van der Waals surface area contributed by atoms with Gasteiger partial charge >= 0.3 is 0 Å². The molecule has 6 rings (SSSR count). The van der Waals surface area contributed by atoms with Crippen molar-refractivity contribution in [2.45, 2.75) is 16.7 Å². The summed E-state index contributed by atoms with van der Waals surface area (Å²) in [6, 6.07) is 33.5. The predicted molar refractivity (Wildman–Crippen MR) is 159 cm³/mol. The Labute approximate surface area is 243 Å². The van der Waals surface area contributed by atoms with Gasteiger partial charge in [-0.1, -0.05) is 72.8 Å². The number of nitrogens with one attached hydrogen (secondary N) is 1. The van der Waals surface area contributed by atoms with Gasteiger partial charge in [-0.2, -0.15) is 5.10 Å². The predicted octanol–water partition coefficient (Wildman–Crippen LogP) is 6.43. The molecule has 0 aliphatic heterocycles. The van der Waals surface area contributed by atoms with Crippen LogP contribution in [0.4, 0.5) is 5.69 Å². The zero-order valence-electron chi connectivity index (χ0n) is 22.0. The molecule has 1 amide bonds. The van der Waals surface area contributed by atoms with Gasteiger partial charge in [0.25, 0.3) is 11.6 Å². The standard InChI is InChI=1S/C31H22N6O4S/c38-30(26-15-6-7-16-27(26)37(39)40)34-32-20-24-17-18-29(41-24)42-31-35-33-28(36(31)23-12-2-1-3-13-23)19-22-11-8-10-21-9-4-5-14-25(21)22/h1-18,20H,19H2,(H,34,38)/b32-20-. The van der Waals surface area contributed by atoms with E-state index in [0.29, 0.717) is 22.4 Å². The first-order chi connectivity index (χ1) is 20.6. The zero-order valence-corrected chi connectivity index (χ0v) is 22.8. The van der Waals surface area contributed by atoms with Crippen LogP contribution < -0.4 is 5.43 Å². The summed E-state index contributed by atoms with van der Waals surface area (Å²) in [7, 11) is 0. The number of furan rings is 1. The van der Waals surface area contributed by atoms with Gasteiger partial charge < -0.3 is 4.42 Å². The fourth-order valence-electron chi connectivity index (χ4n) is 4.52. The number of hydrogen-bond donors (Lipinski definition) is 1. The van der Waals surface area contributed by atoms with Gasteiger partial charge in [0.2, 0.25) is 5.16 Å². The van der Waals surface area contributed by atoms with Crippen molar-refractivity contribution in [3.8, 4) is 5.69 Å². The highest BCUT2D eigenvalue weighted by Gasteiger charge is 2.19. The molecule has 42 heavy (non-hydrogen) atoms. The van der Waals surface area contributed by atoms with Gasteiger partial charge in [-0.15, -0.1) is 10.2 Å². The van der Waals surface area contributed by atoms with Crippen LogP contribution in [0.25, 0.3) is 16.5 Å². The first-order valence-corrected chi connectivity index (χ1v) is 13.7. The number of nitro groups is 1. The Hall–Kier alpha value is -5.55. The van der Waals surface area contributed by atoms with E-state index in [2.05, 4.69) is 45.0 Å². The fourth-order valence-corrected chi connectivity index (χ4v) is 5.36. The summed E-state index contributed by atoms with van der Waals surface area (Å²) in [5, 5.41) is 27.6. The molecule has 10 nitrogen and oxygen atoms in total. The summed E-state index contributed by atoms with van der Waals surface area (Å²) >= 11 is 1.31. The number of amides is 1. The minimum Gasteiger partial charge on any atom is -0.448 e. The Morgan fingerprint density at radius 1 is 0.929 bits per heavy atom. The van der Waals surface area contributed by atoms with Crippen molar-refractivity contribution in [2.75, 3.05) is 0 Å². The van der Waals surface area contributed by atoms with Crippen molar-refractivity contribution in [1.82, 2.24) is 20.2 Å². The minimum atomic E-state index is -0.700. The molecule has 2 aromatic heterocycles. The largest absolute Gasteiger partial charge is 0.448 e. The monoisotopic (exact) mass is 574 g/mol. The number of hydrazone groups is 1. The SMILES string of the molecule is O=C(N/N=C\c1ccc(Sc2nnc(Cc3cccc4ccccc34)n2-c2ccccc2)o1)c1ccccc1[N+](=O)[O-]. The summed E-state index contributed by atoms with van der Waals surface area (Å²) in [5.74, 6) is 0.461. The lowest BCUT2D eigenvalue weighted by Crippen LogP contribution is -2.18. The second-order valence-electron chi connectivity index (χ2n) is 9.12. The van der Waals surface area contributed by atoms with Crippen LogP contribution in [0.15, 0.2) is 129 Å². The number of nitrogens with zero attached hydrogens (tertiary/aromatic N) is 5. The molecule has 2 heterocycles. The summed E-state index contributed by atoms with van der Waals surface area (Å²) in [4.78, 5) is 23.0. The summed E-state index contributed by atoms with van der Waals surface area (Å²) in [5.41, 5.74) is 3.98. The lowest BCUT2D eigenvalue weighted by Gasteiger charge is -2.11.